The first-order valence-electron chi connectivity index (χ1n) is 11.3. The van der Waals surface area contributed by atoms with Gasteiger partial charge in [0.2, 0.25) is 17.7 Å². The molecule has 3 aliphatic heterocycles. The van der Waals surface area contributed by atoms with Crippen molar-refractivity contribution in [3.05, 3.63) is 24.5 Å². The second-order valence-corrected chi connectivity index (χ2v) is 8.69. The van der Waals surface area contributed by atoms with E-state index in [9.17, 15) is 9.59 Å². The number of piperazine rings is 1. The number of benzene rings is 1. The Labute approximate surface area is 187 Å². The average Bonchev–Trinajstić information content (AvgIpc) is 3.25. The average molecular weight is 440 g/mol. The molecule has 4 heterocycles. The van der Waals surface area contributed by atoms with Gasteiger partial charge < -0.3 is 24.2 Å². The summed E-state index contributed by atoms with van der Waals surface area (Å²) in [6.45, 7) is 4.74. The summed E-state index contributed by atoms with van der Waals surface area (Å²) in [5.74, 6) is 0.562. The predicted molar refractivity (Wildman–Crippen MR) is 119 cm³/mol. The van der Waals surface area contributed by atoms with Crippen molar-refractivity contribution in [3.8, 4) is 5.88 Å². The van der Waals surface area contributed by atoms with Crippen molar-refractivity contribution in [2.24, 2.45) is 5.92 Å². The standard InChI is InChI=1S/C23H29N5O4/c1-31-22-19-13-18(2-3-20(19)24-15-25-22)26-6-8-27(9-7-26)23(30)16-12-21(29)28(14-16)17-4-10-32-11-5-17/h2-3,13,15-17H,4-12,14H2,1H3. The summed E-state index contributed by atoms with van der Waals surface area (Å²) in [7, 11) is 1.61. The lowest BCUT2D eigenvalue weighted by Gasteiger charge is -2.37. The van der Waals surface area contributed by atoms with E-state index in [-0.39, 0.29) is 23.8 Å². The Kier molecular flexibility index (Phi) is 5.82. The zero-order valence-corrected chi connectivity index (χ0v) is 18.4. The molecule has 0 saturated carbocycles. The molecule has 2 aromatic rings. The molecule has 3 fully saturated rings. The quantitative estimate of drug-likeness (QED) is 0.710. The van der Waals surface area contributed by atoms with Gasteiger partial charge in [-0.25, -0.2) is 9.97 Å². The van der Waals surface area contributed by atoms with Gasteiger partial charge in [0.25, 0.3) is 0 Å². The summed E-state index contributed by atoms with van der Waals surface area (Å²) in [5.41, 5.74) is 1.91. The van der Waals surface area contributed by atoms with Crippen molar-refractivity contribution in [1.82, 2.24) is 19.8 Å². The third-order valence-corrected chi connectivity index (χ3v) is 6.87. The molecule has 170 valence electrons. The van der Waals surface area contributed by atoms with Gasteiger partial charge in [0, 0.05) is 64.1 Å². The van der Waals surface area contributed by atoms with Crippen molar-refractivity contribution in [1.29, 1.82) is 0 Å². The lowest BCUT2D eigenvalue weighted by Crippen LogP contribution is -2.51. The lowest BCUT2D eigenvalue weighted by molar-refractivity contribution is -0.136. The van der Waals surface area contributed by atoms with Crippen LogP contribution in [0.25, 0.3) is 10.9 Å². The topological polar surface area (TPSA) is 88.1 Å². The maximum Gasteiger partial charge on any atom is 0.228 e. The van der Waals surface area contributed by atoms with Crippen molar-refractivity contribution >= 4 is 28.4 Å². The highest BCUT2D eigenvalue weighted by Gasteiger charge is 2.40. The summed E-state index contributed by atoms with van der Waals surface area (Å²) < 4.78 is 10.8. The van der Waals surface area contributed by atoms with Crippen molar-refractivity contribution in [2.45, 2.75) is 25.3 Å². The number of carbonyl (C=O) groups is 2. The number of aromatic nitrogens is 2. The molecule has 1 atom stereocenters. The summed E-state index contributed by atoms with van der Waals surface area (Å²) in [6, 6.07) is 6.29. The molecule has 0 aliphatic carbocycles. The SMILES string of the molecule is COc1ncnc2ccc(N3CCN(C(=O)C4CC(=O)N(C5CCOCC5)C4)CC3)cc12. The summed E-state index contributed by atoms with van der Waals surface area (Å²) in [4.78, 5) is 40.3. The Bertz CT molecular complexity index is 1000. The molecule has 3 saturated heterocycles. The number of carbonyl (C=O) groups excluding carboxylic acids is 2. The fourth-order valence-electron chi connectivity index (χ4n) is 5.07. The molecule has 0 radical (unpaired) electrons. The van der Waals surface area contributed by atoms with Crippen molar-refractivity contribution < 1.29 is 19.1 Å². The molecule has 0 spiro atoms. The van der Waals surface area contributed by atoms with Crippen LogP contribution in [-0.2, 0) is 14.3 Å². The van der Waals surface area contributed by atoms with E-state index in [1.807, 2.05) is 28.0 Å². The molecular formula is C23H29N5O4. The summed E-state index contributed by atoms with van der Waals surface area (Å²) in [5, 5.41) is 0.878. The van der Waals surface area contributed by atoms with Gasteiger partial charge in [0.1, 0.15) is 6.33 Å². The van der Waals surface area contributed by atoms with E-state index in [1.54, 1.807) is 7.11 Å². The first-order chi connectivity index (χ1) is 15.6. The van der Waals surface area contributed by atoms with Crippen LogP contribution < -0.4 is 9.64 Å². The van der Waals surface area contributed by atoms with Crippen LogP contribution in [0.2, 0.25) is 0 Å². The molecule has 9 heteroatoms. The maximum atomic E-state index is 13.1. The van der Waals surface area contributed by atoms with Gasteiger partial charge >= 0.3 is 0 Å². The molecule has 1 unspecified atom stereocenters. The second-order valence-electron chi connectivity index (χ2n) is 8.69. The number of nitrogens with zero attached hydrogens (tertiary/aromatic N) is 5. The number of fused-ring (bicyclic) bond motifs is 1. The molecule has 1 aromatic heterocycles. The normalized spacial score (nSPS) is 22.6. The van der Waals surface area contributed by atoms with E-state index in [0.717, 1.165) is 42.5 Å². The zero-order valence-electron chi connectivity index (χ0n) is 18.4. The van der Waals surface area contributed by atoms with Gasteiger partial charge in [-0.3, -0.25) is 9.59 Å². The highest BCUT2D eigenvalue weighted by atomic mass is 16.5. The van der Waals surface area contributed by atoms with Crippen LogP contribution in [-0.4, -0.2) is 90.7 Å². The van der Waals surface area contributed by atoms with Crippen LogP contribution in [0.1, 0.15) is 19.3 Å². The molecular weight excluding hydrogens is 410 g/mol. The van der Waals surface area contributed by atoms with E-state index in [0.29, 0.717) is 45.1 Å². The minimum absolute atomic E-state index is 0.112. The second kappa shape index (κ2) is 8.90. The van der Waals surface area contributed by atoms with Gasteiger partial charge in [0.05, 0.1) is 23.9 Å². The number of hydrogen-bond donors (Lipinski definition) is 0. The number of hydrogen-bond acceptors (Lipinski definition) is 7. The van der Waals surface area contributed by atoms with E-state index >= 15 is 0 Å². The van der Waals surface area contributed by atoms with Crippen molar-refractivity contribution in [2.75, 3.05) is 57.9 Å². The number of likely N-dealkylation sites (tertiary alicyclic amines) is 1. The Morgan fingerprint density at radius 1 is 1.12 bits per heavy atom. The number of methoxy groups -OCH3 is 1. The third-order valence-electron chi connectivity index (χ3n) is 6.87. The van der Waals surface area contributed by atoms with Crippen LogP contribution in [0, 0.1) is 5.92 Å². The molecule has 9 nitrogen and oxygen atoms in total. The number of anilines is 1. The first kappa shape index (κ1) is 20.9. The largest absolute Gasteiger partial charge is 0.480 e. The maximum absolute atomic E-state index is 13.1. The molecule has 0 bridgehead atoms. The highest BCUT2D eigenvalue weighted by molar-refractivity contribution is 5.90. The van der Waals surface area contributed by atoms with Crippen LogP contribution in [0.4, 0.5) is 5.69 Å². The van der Waals surface area contributed by atoms with Gasteiger partial charge in [0.15, 0.2) is 0 Å². The first-order valence-corrected chi connectivity index (χ1v) is 11.3. The lowest BCUT2D eigenvalue weighted by atomic mass is 10.1. The number of rotatable bonds is 4. The third kappa shape index (κ3) is 3.97. The number of amides is 2. The van der Waals surface area contributed by atoms with Crippen molar-refractivity contribution in [3.63, 3.8) is 0 Å². The van der Waals surface area contributed by atoms with E-state index in [1.165, 1.54) is 6.33 Å². The van der Waals surface area contributed by atoms with Crippen LogP contribution >= 0.6 is 0 Å². The minimum Gasteiger partial charge on any atom is -0.480 e. The molecule has 0 N–H and O–H groups in total. The van der Waals surface area contributed by atoms with E-state index in [2.05, 4.69) is 14.9 Å². The fraction of sp³-hybridized carbons (Fsp3) is 0.565. The molecule has 32 heavy (non-hydrogen) atoms. The Hall–Kier alpha value is -2.94. The Morgan fingerprint density at radius 2 is 1.91 bits per heavy atom. The summed E-state index contributed by atoms with van der Waals surface area (Å²) in [6.07, 6.45) is 3.57. The zero-order chi connectivity index (χ0) is 22.1. The van der Waals surface area contributed by atoms with Gasteiger partial charge in [-0.15, -0.1) is 0 Å². The molecule has 1 aromatic carbocycles. The number of ether oxygens (including phenoxy) is 2. The smallest absolute Gasteiger partial charge is 0.228 e. The van der Waals surface area contributed by atoms with Gasteiger partial charge in [-0.05, 0) is 31.0 Å². The monoisotopic (exact) mass is 439 g/mol. The van der Waals surface area contributed by atoms with Crippen LogP contribution in [0.15, 0.2) is 24.5 Å². The fourth-order valence-corrected chi connectivity index (χ4v) is 5.07. The van der Waals surface area contributed by atoms with E-state index in [4.69, 9.17) is 9.47 Å². The van der Waals surface area contributed by atoms with Gasteiger partial charge in [-0.1, -0.05) is 0 Å². The summed E-state index contributed by atoms with van der Waals surface area (Å²) >= 11 is 0. The molecule has 5 rings (SSSR count). The van der Waals surface area contributed by atoms with Crippen LogP contribution in [0.5, 0.6) is 5.88 Å². The Morgan fingerprint density at radius 3 is 2.66 bits per heavy atom. The van der Waals surface area contributed by atoms with Crippen LogP contribution in [0.3, 0.4) is 0 Å². The molecule has 2 amide bonds. The predicted octanol–water partition coefficient (Wildman–Crippen LogP) is 1.31. The molecule has 3 aliphatic rings. The Balaban J connectivity index is 1.21. The van der Waals surface area contributed by atoms with Gasteiger partial charge in [-0.2, -0.15) is 0 Å². The highest BCUT2D eigenvalue weighted by Crippen LogP contribution is 2.29. The minimum atomic E-state index is -0.223. The van der Waals surface area contributed by atoms with E-state index < -0.39 is 0 Å².